The Morgan fingerprint density at radius 1 is 1.32 bits per heavy atom. The quantitative estimate of drug-likeness (QED) is 0.594. The summed E-state index contributed by atoms with van der Waals surface area (Å²) in [4.78, 5) is 22.7. The van der Waals surface area contributed by atoms with Gasteiger partial charge in [0.1, 0.15) is 0 Å². The third-order valence-electron chi connectivity index (χ3n) is 2.11. The Morgan fingerprint density at radius 3 is 2.63 bits per heavy atom. The van der Waals surface area contributed by atoms with Crippen molar-refractivity contribution in [3.05, 3.63) is 29.8 Å². The van der Waals surface area contributed by atoms with E-state index < -0.39 is 0 Å². The highest BCUT2D eigenvalue weighted by atomic mass is 32.1. The Bertz CT molecular complexity index is 491. The molecular formula is C12H15N3O3S. The van der Waals surface area contributed by atoms with Gasteiger partial charge < -0.3 is 21.1 Å². The fraction of sp³-hybridized carbons (Fsp3) is 0.250. The van der Waals surface area contributed by atoms with Crippen molar-refractivity contribution in [2.45, 2.75) is 6.92 Å². The van der Waals surface area contributed by atoms with Crippen LogP contribution in [-0.2, 0) is 4.79 Å². The molecule has 7 heteroatoms. The van der Waals surface area contributed by atoms with Gasteiger partial charge in [-0.2, -0.15) is 0 Å². The molecule has 0 saturated heterocycles. The van der Waals surface area contributed by atoms with Crippen molar-refractivity contribution in [1.82, 2.24) is 10.6 Å². The zero-order valence-corrected chi connectivity index (χ0v) is 11.2. The van der Waals surface area contributed by atoms with Gasteiger partial charge in [0.2, 0.25) is 5.91 Å². The van der Waals surface area contributed by atoms with Crippen molar-refractivity contribution < 1.29 is 14.7 Å². The smallest absolute Gasteiger partial charge is 0.253 e. The molecule has 2 amide bonds. The van der Waals surface area contributed by atoms with Crippen LogP contribution in [0.1, 0.15) is 17.3 Å². The van der Waals surface area contributed by atoms with Crippen LogP contribution in [0.4, 0.5) is 5.69 Å². The van der Waals surface area contributed by atoms with Crippen molar-refractivity contribution in [3.8, 4) is 0 Å². The van der Waals surface area contributed by atoms with Gasteiger partial charge in [-0.3, -0.25) is 9.59 Å². The minimum atomic E-state index is -0.331. The molecule has 1 rings (SSSR count). The maximum Gasteiger partial charge on any atom is 0.253 e. The number of carbonyl (C=O) groups excluding carboxylic acids is 2. The number of para-hydroxylation sites is 1. The molecule has 0 saturated carbocycles. The summed E-state index contributed by atoms with van der Waals surface area (Å²) in [6.07, 6.45) is 0. The minimum absolute atomic E-state index is 0.120. The molecule has 0 atom stereocenters. The number of thiocarbonyl (C=S) groups is 1. The summed E-state index contributed by atoms with van der Waals surface area (Å²) in [7, 11) is 0. The number of aliphatic hydroxyl groups excluding tert-OH is 1. The highest BCUT2D eigenvalue weighted by Gasteiger charge is 2.11. The molecule has 0 radical (unpaired) electrons. The molecule has 0 fully saturated rings. The van der Waals surface area contributed by atoms with E-state index in [9.17, 15) is 9.59 Å². The van der Waals surface area contributed by atoms with E-state index in [1.807, 2.05) is 0 Å². The van der Waals surface area contributed by atoms with Crippen LogP contribution >= 0.6 is 12.2 Å². The predicted molar refractivity (Wildman–Crippen MR) is 75.9 cm³/mol. The third-order valence-corrected chi connectivity index (χ3v) is 2.31. The van der Waals surface area contributed by atoms with E-state index in [1.165, 1.54) is 6.92 Å². The van der Waals surface area contributed by atoms with E-state index in [4.69, 9.17) is 17.3 Å². The van der Waals surface area contributed by atoms with Crippen molar-refractivity contribution in [2.75, 3.05) is 18.5 Å². The summed E-state index contributed by atoms with van der Waals surface area (Å²) in [5.74, 6) is -0.623. The molecule has 0 heterocycles. The maximum absolute atomic E-state index is 11.8. The molecule has 4 N–H and O–H groups in total. The Labute approximate surface area is 116 Å². The number of aliphatic hydroxyl groups is 1. The summed E-state index contributed by atoms with van der Waals surface area (Å²) in [6, 6.07) is 6.73. The average Bonchev–Trinajstić information content (AvgIpc) is 2.35. The maximum atomic E-state index is 11.8. The van der Waals surface area contributed by atoms with Gasteiger partial charge in [-0.1, -0.05) is 12.1 Å². The fourth-order valence-electron chi connectivity index (χ4n) is 1.37. The molecule has 0 aliphatic rings. The number of nitrogens with one attached hydrogen (secondary N) is 3. The molecule has 1 aromatic carbocycles. The first-order valence-electron chi connectivity index (χ1n) is 5.61. The lowest BCUT2D eigenvalue weighted by Gasteiger charge is -2.12. The summed E-state index contributed by atoms with van der Waals surface area (Å²) in [5.41, 5.74) is 0.861. The second-order valence-electron chi connectivity index (χ2n) is 3.66. The Hall–Kier alpha value is -1.99. The van der Waals surface area contributed by atoms with Crippen molar-refractivity contribution in [2.24, 2.45) is 0 Å². The van der Waals surface area contributed by atoms with Gasteiger partial charge >= 0.3 is 0 Å². The molecule has 0 bridgehead atoms. The van der Waals surface area contributed by atoms with Crippen LogP contribution < -0.4 is 16.0 Å². The number of hydrogen-bond acceptors (Lipinski definition) is 4. The summed E-state index contributed by atoms with van der Waals surface area (Å²) in [6.45, 7) is 1.38. The van der Waals surface area contributed by atoms with Gasteiger partial charge in [-0.05, 0) is 24.4 Å². The van der Waals surface area contributed by atoms with Crippen LogP contribution in [-0.4, -0.2) is 35.2 Å². The normalized spacial score (nSPS) is 9.58. The number of hydrogen-bond donors (Lipinski definition) is 4. The molecule has 0 aliphatic carbocycles. The molecule has 0 aliphatic heterocycles. The zero-order chi connectivity index (χ0) is 14.3. The third kappa shape index (κ3) is 5.02. The predicted octanol–water partition coefficient (Wildman–Crippen LogP) is 0.242. The Kier molecular flexibility index (Phi) is 5.91. The van der Waals surface area contributed by atoms with E-state index in [0.29, 0.717) is 11.3 Å². The molecule has 1 aromatic rings. The number of carbonyl (C=O) groups is 2. The second kappa shape index (κ2) is 7.45. The molecule has 0 unspecified atom stereocenters. The highest BCUT2D eigenvalue weighted by molar-refractivity contribution is 7.80. The van der Waals surface area contributed by atoms with Crippen LogP contribution in [0, 0.1) is 0 Å². The van der Waals surface area contributed by atoms with E-state index >= 15 is 0 Å². The molecule has 6 nitrogen and oxygen atoms in total. The largest absolute Gasteiger partial charge is 0.395 e. The summed E-state index contributed by atoms with van der Waals surface area (Å²) >= 11 is 4.93. The van der Waals surface area contributed by atoms with Gasteiger partial charge in [0.25, 0.3) is 5.91 Å². The zero-order valence-electron chi connectivity index (χ0n) is 10.4. The highest BCUT2D eigenvalue weighted by Crippen LogP contribution is 2.14. The second-order valence-corrected chi connectivity index (χ2v) is 4.07. The minimum Gasteiger partial charge on any atom is -0.395 e. The van der Waals surface area contributed by atoms with Crippen LogP contribution in [0.2, 0.25) is 0 Å². The molecule has 0 spiro atoms. The molecule has 19 heavy (non-hydrogen) atoms. The molecule has 0 aromatic heterocycles. The summed E-state index contributed by atoms with van der Waals surface area (Å²) < 4.78 is 0. The van der Waals surface area contributed by atoms with E-state index in [2.05, 4.69) is 16.0 Å². The lowest BCUT2D eigenvalue weighted by atomic mass is 10.1. The van der Waals surface area contributed by atoms with Crippen LogP contribution in [0.5, 0.6) is 0 Å². The number of anilines is 1. The topological polar surface area (TPSA) is 90.5 Å². The van der Waals surface area contributed by atoms with Crippen molar-refractivity contribution >= 4 is 34.8 Å². The SMILES string of the molecule is CC(=O)NC(=S)Nc1ccccc1C(=O)NCCO. The lowest BCUT2D eigenvalue weighted by Crippen LogP contribution is -2.33. The van der Waals surface area contributed by atoms with Gasteiger partial charge in [0.15, 0.2) is 5.11 Å². The Morgan fingerprint density at radius 2 is 2.00 bits per heavy atom. The first kappa shape index (κ1) is 15.1. The van der Waals surface area contributed by atoms with E-state index in [1.54, 1.807) is 24.3 Å². The molecular weight excluding hydrogens is 266 g/mol. The van der Waals surface area contributed by atoms with Crippen molar-refractivity contribution in [3.63, 3.8) is 0 Å². The number of benzene rings is 1. The number of amides is 2. The van der Waals surface area contributed by atoms with Crippen LogP contribution in [0.15, 0.2) is 24.3 Å². The monoisotopic (exact) mass is 281 g/mol. The van der Waals surface area contributed by atoms with Crippen molar-refractivity contribution in [1.29, 1.82) is 0 Å². The first-order valence-corrected chi connectivity index (χ1v) is 6.02. The molecule has 102 valence electrons. The van der Waals surface area contributed by atoms with E-state index in [-0.39, 0.29) is 30.1 Å². The van der Waals surface area contributed by atoms with Gasteiger partial charge in [-0.15, -0.1) is 0 Å². The standard InChI is InChI=1S/C12H15N3O3S/c1-8(17)14-12(19)15-10-5-3-2-4-9(10)11(18)13-6-7-16/h2-5,16H,6-7H2,1H3,(H,13,18)(H2,14,15,17,19). The average molecular weight is 281 g/mol. The Balaban J connectivity index is 2.80. The fourth-order valence-corrected chi connectivity index (χ4v) is 1.62. The van der Waals surface area contributed by atoms with Gasteiger partial charge in [0, 0.05) is 13.5 Å². The van der Waals surface area contributed by atoms with Gasteiger partial charge in [0.05, 0.1) is 17.9 Å². The van der Waals surface area contributed by atoms with E-state index in [0.717, 1.165) is 0 Å². The first-order chi connectivity index (χ1) is 9.04. The van der Waals surface area contributed by atoms with Gasteiger partial charge in [-0.25, -0.2) is 0 Å². The lowest BCUT2D eigenvalue weighted by molar-refractivity contribution is -0.117. The van der Waals surface area contributed by atoms with Crippen LogP contribution in [0.3, 0.4) is 0 Å². The number of rotatable bonds is 4. The summed E-state index contributed by atoms with van der Waals surface area (Å²) in [5, 5.41) is 16.5. The van der Waals surface area contributed by atoms with Crippen LogP contribution in [0.25, 0.3) is 0 Å².